The zero-order valence-electron chi connectivity index (χ0n) is 12.0. The average Bonchev–Trinajstić information content (AvgIpc) is 2.94. The molecule has 2 rings (SSSR count). The SMILES string of the molecule is CN(Cc1cccs1)C(C)(CN)Cc1ccc(F)cc1. The van der Waals surface area contributed by atoms with Gasteiger partial charge in [0.05, 0.1) is 0 Å². The molecule has 1 atom stereocenters. The summed E-state index contributed by atoms with van der Waals surface area (Å²) in [6, 6.07) is 10.9. The van der Waals surface area contributed by atoms with E-state index in [4.69, 9.17) is 5.73 Å². The molecule has 4 heteroatoms. The lowest BCUT2D eigenvalue weighted by Gasteiger charge is -2.38. The third kappa shape index (κ3) is 3.66. The minimum atomic E-state index is -0.199. The molecule has 0 radical (unpaired) electrons. The summed E-state index contributed by atoms with van der Waals surface area (Å²) in [6.45, 7) is 3.60. The van der Waals surface area contributed by atoms with E-state index in [2.05, 4.69) is 36.4 Å². The highest BCUT2D eigenvalue weighted by Crippen LogP contribution is 2.22. The summed E-state index contributed by atoms with van der Waals surface area (Å²) in [5.41, 5.74) is 6.97. The molecule has 0 fully saturated rings. The maximum absolute atomic E-state index is 13.0. The Hall–Kier alpha value is -1.23. The van der Waals surface area contributed by atoms with Crippen LogP contribution in [0.2, 0.25) is 0 Å². The fourth-order valence-corrected chi connectivity index (χ4v) is 2.99. The first-order valence-corrected chi connectivity index (χ1v) is 7.59. The van der Waals surface area contributed by atoms with Gasteiger partial charge in [-0.05, 0) is 49.5 Å². The van der Waals surface area contributed by atoms with Gasteiger partial charge in [-0.2, -0.15) is 0 Å². The molecule has 0 spiro atoms. The summed E-state index contributed by atoms with van der Waals surface area (Å²) in [6.07, 6.45) is 0.811. The lowest BCUT2D eigenvalue weighted by atomic mass is 9.91. The topological polar surface area (TPSA) is 29.3 Å². The van der Waals surface area contributed by atoms with Crippen molar-refractivity contribution in [2.45, 2.75) is 25.4 Å². The number of hydrogen-bond acceptors (Lipinski definition) is 3. The summed E-state index contributed by atoms with van der Waals surface area (Å²) in [5.74, 6) is -0.199. The van der Waals surface area contributed by atoms with E-state index in [0.717, 1.165) is 18.5 Å². The fraction of sp³-hybridized carbons (Fsp3) is 0.375. The smallest absolute Gasteiger partial charge is 0.123 e. The van der Waals surface area contributed by atoms with Crippen LogP contribution in [0.1, 0.15) is 17.4 Å². The number of rotatable bonds is 6. The van der Waals surface area contributed by atoms with Crippen molar-refractivity contribution in [2.24, 2.45) is 5.73 Å². The molecular formula is C16H21FN2S. The van der Waals surface area contributed by atoms with Gasteiger partial charge in [0.25, 0.3) is 0 Å². The Morgan fingerprint density at radius 2 is 1.95 bits per heavy atom. The van der Waals surface area contributed by atoms with E-state index in [-0.39, 0.29) is 11.4 Å². The molecule has 1 heterocycles. The van der Waals surface area contributed by atoms with Crippen molar-refractivity contribution >= 4 is 11.3 Å². The van der Waals surface area contributed by atoms with Crippen molar-refractivity contribution in [2.75, 3.05) is 13.6 Å². The molecule has 2 aromatic rings. The quantitative estimate of drug-likeness (QED) is 0.885. The van der Waals surface area contributed by atoms with Crippen molar-refractivity contribution in [3.05, 3.63) is 58.0 Å². The van der Waals surface area contributed by atoms with Crippen molar-refractivity contribution in [1.29, 1.82) is 0 Å². The number of benzene rings is 1. The molecule has 0 saturated carbocycles. The summed E-state index contributed by atoms with van der Waals surface area (Å²) >= 11 is 1.75. The molecular weight excluding hydrogens is 271 g/mol. The number of thiophene rings is 1. The van der Waals surface area contributed by atoms with E-state index in [1.807, 2.05) is 12.1 Å². The van der Waals surface area contributed by atoms with Gasteiger partial charge in [-0.15, -0.1) is 11.3 Å². The van der Waals surface area contributed by atoms with E-state index in [1.54, 1.807) is 11.3 Å². The van der Waals surface area contributed by atoms with Crippen LogP contribution in [-0.4, -0.2) is 24.0 Å². The molecule has 1 aromatic heterocycles. The Balaban J connectivity index is 2.09. The van der Waals surface area contributed by atoms with E-state index < -0.39 is 0 Å². The molecule has 108 valence electrons. The number of likely N-dealkylation sites (N-methyl/N-ethyl adjacent to an activating group) is 1. The number of halogens is 1. The van der Waals surface area contributed by atoms with Gasteiger partial charge in [-0.25, -0.2) is 4.39 Å². The largest absolute Gasteiger partial charge is 0.329 e. The molecule has 20 heavy (non-hydrogen) atoms. The van der Waals surface area contributed by atoms with Crippen molar-refractivity contribution in [1.82, 2.24) is 4.90 Å². The molecule has 0 bridgehead atoms. The predicted octanol–water partition coefficient (Wildman–Crippen LogP) is 3.28. The second kappa shape index (κ2) is 6.48. The maximum atomic E-state index is 13.0. The van der Waals surface area contributed by atoms with Gasteiger partial charge in [0.1, 0.15) is 5.82 Å². The van der Waals surface area contributed by atoms with Crippen molar-refractivity contribution in [3.8, 4) is 0 Å². The van der Waals surface area contributed by atoms with Crippen LogP contribution >= 0.6 is 11.3 Å². The van der Waals surface area contributed by atoms with Gasteiger partial charge in [0, 0.05) is 23.5 Å². The van der Waals surface area contributed by atoms with Crippen LogP contribution in [-0.2, 0) is 13.0 Å². The Labute approximate surface area is 124 Å². The predicted molar refractivity (Wildman–Crippen MR) is 83.3 cm³/mol. The normalized spacial score (nSPS) is 14.4. The van der Waals surface area contributed by atoms with Crippen LogP contribution < -0.4 is 5.73 Å². The van der Waals surface area contributed by atoms with Crippen molar-refractivity contribution < 1.29 is 4.39 Å². The summed E-state index contributed by atoms with van der Waals surface area (Å²) in [5, 5.41) is 2.09. The van der Waals surface area contributed by atoms with Crippen molar-refractivity contribution in [3.63, 3.8) is 0 Å². The van der Waals surface area contributed by atoms with Crippen LogP contribution in [0.25, 0.3) is 0 Å². The van der Waals surface area contributed by atoms with Crippen LogP contribution in [0.4, 0.5) is 4.39 Å². The third-order valence-corrected chi connectivity index (χ3v) is 4.69. The molecule has 0 aliphatic carbocycles. The van der Waals surface area contributed by atoms with E-state index in [1.165, 1.54) is 17.0 Å². The lowest BCUT2D eigenvalue weighted by molar-refractivity contribution is 0.137. The van der Waals surface area contributed by atoms with E-state index in [9.17, 15) is 4.39 Å². The minimum Gasteiger partial charge on any atom is -0.329 e. The van der Waals surface area contributed by atoms with Gasteiger partial charge in [0.2, 0.25) is 0 Å². The highest BCUT2D eigenvalue weighted by atomic mass is 32.1. The first-order valence-electron chi connectivity index (χ1n) is 6.72. The van der Waals surface area contributed by atoms with Crippen LogP contribution in [0.5, 0.6) is 0 Å². The molecule has 2 nitrogen and oxygen atoms in total. The van der Waals surface area contributed by atoms with Crippen LogP contribution in [0.15, 0.2) is 41.8 Å². The third-order valence-electron chi connectivity index (χ3n) is 3.83. The zero-order chi connectivity index (χ0) is 14.6. The van der Waals surface area contributed by atoms with Gasteiger partial charge < -0.3 is 5.73 Å². The molecule has 1 unspecified atom stereocenters. The van der Waals surface area contributed by atoms with Gasteiger partial charge >= 0.3 is 0 Å². The highest BCUT2D eigenvalue weighted by Gasteiger charge is 2.28. The van der Waals surface area contributed by atoms with E-state index >= 15 is 0 Å². The molecule has 0 amide bonds. The zero-order valence-corrected chi connectivity index (χ0v) is 12.8. The Morgan fingerprint density at radius 1 is 1.25 bits per heavy atom. The van der Waals surface area contributed by atoms with Gasteiger partial charge in [0.15, 0.2) is 0 Å². The first-order chi connectivity index (χ1) is 9.53. The first kappa shape index (κ1) is 15.2. The molecule has 1 aromatic carbocycles. The van der Waals surface area contributed by atoms with E-state index in [0.29, 0.717) is 6.54 Å². The summed E-state index contributed by atoms with van der Waals surface area (Å²) in [7, 11) is 2.09. The number of hydrogen-bond donors (Lipinski definition) is 1. The Bertz CT molecular complexity index is 524. The fourth-order valence-electron chi connectivity index (χ4n) is 2.23. The molecule has 0 aliphatic rings. The second-order valence-electron chi connectivity index (χ2n) is 5.44. The maximum Gasteiger partial charge on any atom is 0.123 e. The van der Waals surface area contributed by atoms with Crippen LogP contribution in [0.3, 0.4) is 0 Å². The van der Waals surface area contributed by atoms with Gasteiger partial charge in [-0.3, -0.25) is 4.90 Å². The number of nitrogens with two attached hydrogens (primary N) is 1. The molecule has 2 N–H and O–H groups in total. The Kier molecular flexibility index (Phi) is 4.91. The minimum absolute atomic E-state index is 0.137. The average molecular weight is 292 g/mol. The number of nitrogens with zero attached hydrogens (tertiary/aromatic N) is 1. The standard InChI is InChI=1S/C16H21FN2S/c1-16(12-18,10-13-5-7-14(17)8-6-13)19(2)11-15-4-3-9-20-15/h3-9H,10-12,18H2,1-2H3. The van der Waals surface area contributed by atoms with Gasteiger partial charge in [-0.1, -0.05) is 18.2 Å². The second-order valence-corrected chi connectivity index (χ2v) is 6.47. The summed E-state index contributed by atoms with van der Waals surface area (Å²) in [4.78, 5) is 3.61. The lowest BCUT2D eigenvalue weighted by Crippen LogP contribution is -2.50. The highest BCUT2D eigenvalue weighted by molar-refractivity contribution is 7.09. The Morgan fingerprint density at radius 3 is 2.50 bits per heavy atom. The molecule has 0 saturated heterocycles. The monoisotopic (exact) mass is 292 g/mol. The summed E-state index contributed by atoms with van der Waals surface area (Å²) < 4.78 is 13.0. The molecule has 0 aliphatic heterocycles. The van der Waals surface area contributed by atoms with Crippen LogP contribution in [0, 0.1) is 5.82 Å².